The number of amides is 8. The van der Waals surface area contributed by atoms with Crippen molar-refractivity contribution in [2.24, 2.45) is 5.41 Å². The molecule has 0 aromatic heterocycles. The Morgan fingerprint density at radius 2 is 1.43 bits per heavy atom. The highest BCUT2D eigenvalue weighted by molar-refractivity contribution is 6.38. The summed E-state index contributed by atoms with van der Waals surface area (Å²) in [7, 11) is 3.10. The maximum Gasteiger partial charge on any atom is 0.407 e. The van der Waals surface area contributed by atoms with E-state index in [1.807, 2.05) is 19.1 Å². The molecule has 4 N–H and O–H groups in total. The first kappa shape index (κ1) is 64.4. The molecule has 450 valence electrons. The molecule has 0 saturated carbocycles. The fourth-order valence-corrected chi connectivity index (χ4v) is 9.60. The maximum absolute atomic E-state index is 14.1. The number of likely N-dealkylation sites (tertiary alicyclic amines) is 1. The van der Waals surface area contributed by atoms with Gasteiger partial charge in [-0.2, -0.15) is 0 Å². The number of rotatable bonds is 32. The number of nitrogens with one attached hydrogen (secondary N) is 4. The maximum atomic E-state index is 14.1. The number of alkyl carbamates (subject to hydrolysis) is 1. The number of imide groups is 2. The number of ether oxygens (including phenoxy) is 7. The van der Waals surface area contributed by atoms with Gasteiger partial charge in [-0.15, -0.1) is 0 Å². The number of aryl methyl sites for hydroxylation is 1. The Labute approximate surface area is 483 Å². The minimum Gasteiger partial charge on any atom is -0.493 e. The molecule has 3 aliphatic rings. The van der Waals surface area contributed by atoms with Crippen molar-refractivity contribution < 1.29 is 81.1 Å². The molecular formula is C60H78N6O17. The fraction of sp³-hybridized carbons (Fsp3) is 0.533. The highest BCUT2D eigenvalue weighted by atomic mass is 16.6. The Kier molecular flexibility index (Phi) is 25.0. The summed E-state index contributed by atoms with van der Waals surface area (Å²) >= 11 is 0. The van der Waals surface area contributed by atoms with E-state index in [1.54, 1.807) is 70.5 Å². The lowest BCUT2D eigenvalue weighted by Crippen LogP contribution is -2.53. The first-order valence-corrected chi connectivity index (χ1v) is 28.4. The lowest BCUT2D eigenvalue weighted by molar-refractivity contribution is -0.164. The van der Waals surface area contributed by atoms with Gasteiger partial charge in [0.05, 0.1) is 51.8 Å². The third-order valence-electron chi connectivity index (χ3n) is 14.7. The van der Waals surface area contributed by atoms with Crippen LogP contribution in [-0.2, 0) is 70.3 Å². The highest BCUT2D eigenvalue weighted by Crippen LogP contribution is 2.34. The molecule has 83 heavy (non-hydrogen) atoms. The number of carbonyl (C=O) groups excluding carboxylic acids is 10. The van der Waals surface area contributed by atoms with Gasteiger partial charge >= 0.3 is 12.1 Å². The van der Waals surface area contributed by atoms with Crippen LogP contribution in [0.1, 0.15) is 141 Å². The Hall–Kier alpha value is -7.76. The van der Waals surface area contributed by atoms with Gasteiger partial charge in [-0.3, -0.25) is 48.6 Å². The number of carbonyl (C=O) groups is 10. The van der Waals surface area contributed by atoms with E-state index < -0.39 is 71.0 Å². The lowest BCUT2D eigenvalue weighted by atomic mass is 9.84. The largest absolute Gasteiger partial charge is 0.493 e. The number of nitrogens with zero attached hydrogens (tertiary/aromatic N) is 2. The van der Waals surface area contributed by atoms with Crippen molar-refractivity contribution in [1.29, 1.82) is 0 Å². The van der Waals surface area contributed by atoms with Crippen molar-refractivity contribution >= 4 is 64.9 Å². The van der Waals surface area contributed by atoms with Gasteiger partial charge in [-0.1, -0.05) is 51.1 Å². The van der Waals surface area contributed by atoms with Crippen molar-refractivity contribution in [3.8, 4) is 11.5 Å². The average Bonchev–Trinajstić information content (AvgIpc) is 3.62. The first-order chi connectivity index (χ1) is 40.0. The van der Waals surface area contributed by atoms with Crippen LogP contribution in [0.3, 0.4) is 0 Å². The van der Waals surface area contributed by atoms with Crippen LogP contribution in [0.15, 0.2) is 60.7 Å². The summed E-state index contributed by atoms with van der Waals surface area (Å²) in [5, 5.41) is 10.5. The molecule has 3 heterocycles. The van der Waals surface area contributed by atoms with Crippen LogP contribution in [-0.4, -0.2) is 155 Å². The van der Waals surface area contributed by atoms with Crippen LogP contribution in [0.25, 0.3) is 0 Å². The van der Waals surface area contributed by atoms with Crippen LogP contribution in [0.5, 0.6) is 11.5 Å². The van der Waals surface area contributed by atoms with Gasteiger partial charge in [0.2, 0.25) is 29.4 Å². The molecule has 0 spiro atoms. The molecule has 3 aromatic rings. The molecule has 23 heteroatoms. The zero-order chi connectivity index (χ0) is 59.9. The van der Waals surface area contributed by atoms with Crippen LogP contribution >= 0.6 is 0 Å². The number of benzene rings is 3. The quantitative estimate of drug-likeness (QED) is 0.0253. The summed E-state index contributed by atoms with van der Waals surface area (Å²) in [6.45, 7) is 7.87. The summed E-state index contributed by atoms with van der Waals surface area (Å²) in [5.41, 5.74) is 1.52. The zero-order valence-electron chi connectivity index (χ0n) is 48.1. The number of Topliss-reactive ketones (excluding diaryl/α,β-unsaturated/α-hetero) is 1. The third-order valence-corrected chi connectivity index (χ3v) is 14.7. The Bertz CT molecular complexity index is 2800. The summed E-state index contributed by atoms with van der Waals surface area (Å²) in [5.74, 6) is -3.91. The predicted octanol–water partition coefficient (Wildman–Crippen LogP) is 5.69. The van der Waals surface area contributed by atoms with Crippen molar-refractivity contribution in [2.45, 2.75) is 129 Å². The Morgan fingerprint density at radius 3 is 2.14 bits per heavy atom. The van der Waals surface area contributed by atoms with E-state index in [4.69, 9.17) is 33.2 Å². The number of anilines is 1. The van der Waals surface area contributed by atoms with Gasteiger partial charge in [-0.25, -0.2) is 9.59 Å². The van der Waals surface area contributed by atoms with E-state index in [1.165, 1.54) is 11.0 Å². The van der Waals surface area contributed by atoms with Crippen molar-refractivity contribution in [1.82, 2.24) is 25.8 Å². The minimum absolute atomic E-state index is 0.0478. The molecule has 0 bridgehead atoms. The molecule has 2 fully saturated rings. The van der Waals surface area contributed by atoms with Crippen molar-refractivity contribution in [3.63, 3.8) is 0 Å². The summed E-state index contributed by atoms with van der Waals surface area (Å²) in [4.78, 5) is 132. The third kappa shape index (κ3) is 18.6. The number of piperidine rings is 1. The SMILES string of the molecule is CCC(C)(C)C(=O)C(=O)N1CCCC[C@H]1C(=O)O[C@H](CCc1ccc(OC)c(OC)c1)c1cccc(NC(=O)CCC(=O)NCCCOCCOCCOCCCNC(=O)OCc2cccc3c2C(=O)N([C@H]2CCCC(=O)NC2=O)C3=O)c1. The number of esters is 1. The topological polar surface area (TPSA) is 290 Å². The predicted molar refractivity (Wildman–Crippen MR) is 300 cm³/mol. The standard InChI is InChI=1S/C60H78N6O17/c1-6-60(2,3)53(70)57(74)65-29-8-7-18-45(65)58(75)83-46(23-21-39-22-24-47(77-4)48(36-39)78-5)40-14-9-16-42(37-40)63-51(69)26-25-49(67)61-27-12-30-79-32-34-81-35-33-80-31-13-28-62-59(76)82-38-41-15-10-17-43-52(41)56(73)66(55(43)72)44-19-11-20-50(68)64-54(44)71/h9-10,14-17,22,24,36-37,44-46H,6-8,11-13,18-21,23,25-35,38H2,1-5H3,(H,61,67)(H,62,76)(H,63,69)(H,64,68,71)/t44-,45-,46+/m0/s1. The van der Waals surface area contributed by atoms with Gasteiger partial charge in [0.1, 0.15) is 24.8 Å². The van der Waals surface area contributed by atoms with Gasteiger partial charge < -0.3 is 54.0 Å². The molecule has 0 radical (unpaired) electrons. The summed E-state index contributed by atoms with van der Waals surface area (Å²) < 4.78 is 39.1. The number of ketones is 1. The van der Waals surface area contributed by atoms with Crippen molar-refractivity contribution in [2.75, 3.05) is 78.8 Å². The molecule has 3 aromatic carbocycles. The van der Waals surface area contributed by atoms with E-state index in [0.717, 1.165) is 10.5 Å². The molecule has 8 amide bonds. The van der Waals surface area contributed by atoms with Crippen molar-refractivity contribution in [3.05, 3.63) is 88.5 Å². The average molecular weight is 1160 g/mol. The van der Waals surface area contributed by atoms with Gasteiger partial charge in [-0.05, 0) is 106 Å². The molecule has 2 saturated heterocycles. The van der Waals surface area contributed by atoms with Gasteiger partial charge in [0, 0.05) is 68.8 Å². The fourth-order valence-electron chi connectivity index (χ4n) is 9.60. The number of fused-ring (bicyclic) bond motifs is 1. The highest BCUT2D eigenvalue weighted by Gasteiger charge is 2.45. The number of hydrogen-bond acceptors (Lipinski definition) is 17. The first-order valence-electron chi connectivity index (χ1n) is 28.4. The second kappa shape index (κ2) is 32.2. The van der Waals surface area contributed by atoms with Gasteiger partial charge in [0.25, 0.3) is 17.7 Å². The van der Waals surface area contributed by atoms with Crippen LogP contribution in [0.2, 0.25) is 0 Å². The van der Waals surface area contributed by atoms with Crippen LogP contribution in [0.4, 0.5) is 10.5 Å². The monoisotopic (exact) mass is 1150 g/mol. The summed E-state index contributed by atoms with van der Waals surface area (Å²) in [6, 6.07) is 15.0. The number of hydrogen-bond donors (Lipinski definition) is 4. The lowest BCUT2D eigenvalue weighted by Gasteiger charge is -2.36. The van der Waals surface area contributed by atoms with E-state index in [9.17, 15) is 47.9 Å². The molecule has 0 aliphatic carbocycles. The normalized spacial score (nSPS) is 16.5. The molecule has 23 nitrogen and oxygen atoms in total. The second-order valence-corrected chi connectivity index (χ2v) is 20.9. The smallest absolute Gasteiger partial charge is 0.407 e. The second-order valence-electron chi connectivity index (χ2n) is 20.9. The van der Waals surface area contributed by atoms with E-state index in [0.29, 0.717) is 132 Å². The van der Waals surface area contributed by atoms with E-state index in [2.05, 4.69) is 21.3 Å². The number of methoxy groups -OCH3 is 2. The molecule has 0 unspecified atom stereocenters. The van der Waals surface area contributed by atoms with Crippen LogP contribution in [0, 0.1) is 5.41 Å². The molecule has 3 atom stereocenters. The Morgan fingerprint density at radius 1 is 0.747 bits per heavy atom. The molecule has 6 rings (SSSR count). The summed E-state index contributed by atoms with van der Waals surface area (Å²) in [6.07, 6.45) is 2.94. The van der Waals surface area contributed by atoms with E-state index >= 15 is 0 Å². The zero-order valence-corrected chi connectivity index (χ0v) is 48.1. The molecular weight excluding hydrogens is 1080 g/mol. The molecule has 3 aliphatic heterocycles. The minimum atomic E-state index is -1.12. The Balaban J connectivity index is 0.824. The van der Waals surface area contributed by atoms with Gasteiger partial charge in [0.15, 0.2) is 11.5 Å². The van der Waals surface area contributed by atoms with E-state index in [-0.39, 0.29) is 68.3 Å². The van der Waals surface area contributed by atoms with Crippen LogP contribution < -0.4 is 30.7 Å².